The van der Waals surface area contributed by atoms with Crippen molar-refractivity contribution < 1.29 is 14.7 Å². The number of benzene rings is 3. The highest BCUT2D eigenvalue weighted by Gasteiger charge is 2.42. The van der Waals surface area contributed by atoms with Gasteiger partial charge in [-0.2, -0.15) is 11.8 Å². The average molecular weight is 446 g/mol. The summed E-state index contributed by atoms with van der Waals surface area (Å²) in [6.45, 7) is 0.464. The number of nitrogens with zero attached hydrogens (tertiary/aromatic N) is 1. The lowest BCUT2D eigenvalue weighted by Gasteiger charge is -2.27. The van der Waals surface area contributed by atoms with Crippen molar-refractivity contribution in [3.05, 3.63) is 108 Å². The molecule has 1 heterocycles. The van der Waals surface area contributed by atoms with Crippen molar-refractivity contribution >= 4 is 23.6 Å². The number of hydrogen-bond donors (Lipinski definition) is 1. The van der Waals surface area contributed by atoms with Gasteiger partial charge in [0.25, 0.3) is 0 Å². The Morgan fingerprint density at radius 1 is 0.875 bits per heavy atom. The highest BCUT2D eigenvalue weighted by Crippen LogP contribution is 2.34. The number of amides is 1. The van der Waals surface area contributed by atoms with Crippen LogP contribution in [0.5, 0.6) is 0 Å². The molecule has 4 nitrogen and oxygen atoms in total. The van der Waals surface area contributed by atoms with Gasteiger partial charge in [0.15, 0.2) is 0 Å². The summed E-state index contributed by atoms with van der Waals surface area (Å²) < 4.78 is 0. The molecule has 5 heteroatoms. The van der Waals surface area contributed by atoms with Crippen molar-refractivity contribution in [1.29, 1.82) is 0 Å². The van der Waals surface area contributed by atoms with E-state index in [-0.39, 0.29) is 11.2 Å². The van der Waals surface area contributed by atoms with Crippen LogP contribution in [0.1, 0.15) is 29.0 Å². The molecule has 1 fully saturated rings. The van der Waals surface area contributed by atoms with Crippen molar-refractivity contribution in [2.45, 2.75) is 30.1 Å². The molecular formula is C27H27NO3S. The summed E-state index contributed by atoms with van der Waals surface area (Å²) in [5, 5.41) is 9.99. The smallest absolute Gasteiger partial charge is 0.326 e. The number of carboxylic acids is 1. The zero-order valence-corrected chi connectivity index (χ0v) is 18.7. The van der Waals surface area contributed by atoms with E-state index in [1.54, 1.807) is 16.7 Å². The van der Waals surface area contributed by atoms with Gasteiger partial charge in [0.05, 0.1) is 5.92 Å². The molecular weight excluding hydrogens is 418 g/mol. The molecule has 1 N–H and O–H groups in total. The first-order chi connectivity index (χ1) is 15.6. The van der Waals surface area contributed by atoms with E-state index in [1.165, 1.54) is 5.56 Å². The van der Waals surface area contributed by atoms with Crippen molar-refractivity contribution in [3.63, 3.8) is 0 Å². The van der Waals surface area contributed by atoms with E-state index in [4.69, 9.17) is 0 Å². The topological polar surface area (TPSA) is 57.6 Å². The summed E-state index contributed by atoms with van der Waals surface area (Å²) in [5.41, 5.74) is 3.04. The molecule has 0 bridgehead atoms. The van der Waals surface area contributed by atoms with Gasteiger partial charge in [-0.05, 0) is 35.3 Å². The Bertz CT molecular complexity index is 987. The normalized spacial score (nSPS) is 18.1. The maximum Gasteiger partial charge on any atom is 0.326 e. The molecule has 4 rings (SSSR count). The Balaban J connectivity index is 1.51. The second-order valence-corrected chi connectivity index (χ2v) is 9.47. The van der Waals surface area contributed by atoms with Gasteiger partial charge in [-0.1, -0.05) is 91.0 Å². The number of carbonyl (C=O) groups excluding carboxylic acids is 1. The second-order valence-electron chi connectivity index (χ2n) is 8.06. The second kappa shape index (κ2) is 10.5. The van der Waals surface area contributed by atoms with Crippen LogP contribution >= 0.6 is 11.8 Å². The molecule has 164 valence electrons. The van der Waals surface area contributed by atoms with Crippen molar-refractivity contribution in [2.24, 2.45) is 0 Å². The van der Waals surface area contributed by atoms with Gasteiger partial charge in [0.1, 0.15) is 6.04 Å². The number of aryl methyl sites for hydroxylation is 1. The zero-order valence-electron chi connectivity index (χ0n) is 17.8. The Morgan fingerprint density at radius 3 is 1.94 bits per heavy atom. The summed E-state index contributed by atoms with van der Waals surface area (Å²) in [6.07, 6.45) is 1.42. The van der Waals surface area contributed by atoms with E-state index in [0.717, 1.165) is 23.3 Å². The Hall–Kier alpha value is -3.05. The molecule has 1 amide bonds. The molecule has 0 aliphatic carbocycles. The third-order valence-corrected chi connectivity index (χ3v) is 7.18. The van der Waals surface area contributed by atoms with Crippen molar-refractivity contribution in [2.75, 3.05) is 12.3 Å². The first-order valence-electron chi connectivity index (χ1n) is 10.9. The molecule has 3 aromatic rings. The molecule has 3 aromatic carbocycles. The number of carboxylic acid groups (broad SMARTS) is 1. The largest absolute Gasteiger partial charge is 0.480 e. The number of carbonyl (C=O) groups is 2. The molecule has 32 heavy (non-hydrogen) atoms. The summed E-state index contributed by atoms with van der Waals surface area (Å²) in [5.74, 6) is -0.665. The van der Waals surface area contributed by atoms with E-state index >= 15 is 0 Å². The fourth-order valence-electron chi connectivity index (χ4n) is 4.32. The maximum absolute atomic E-state index is 13.8. The third kappa shape index (κ3) is 5.22. The lowest BCUT2D eigenvalue weighted by molar-refractivity contribution is -0.148. The molecule has 1 aliphatic rings. The molecule has 0 spiro atoms. The summed E-state index contributed by atoms with van der Waals surface area (Å²) in [7, 11) is 0. The standard InChI is InChI=1S/C27H27NO3S/c29-26(25(21-12-6-2-7-13-21)22-14-8-3-9-15-22)28-19-23(18-24(28)27(30)31)32-17-16-20-10-4-1-5-11-20/h1-15,23-25H,16-19H2,(H,30,31)/t23-,24-/m0/s1. The SMILES string of the molecule is O=C(O)[C@@H]1C[C@H](SCCc2ccccc2)CN1C(=O)C(c1ccccc1)c1ccccc1. The number of likely N-dealkylation sites (tertiary alicyclic amines) is 1. The Morgan fingerprint density at radius 2 is 1.41 bits per heavy atom. The minimum atomic E-state index is -0.926. The Labute approximate surface area is 193 Å². The fraction of sp³-hybridized carbons (Fsp3) is 0.259. The van der Waals surface area contributed by atoms with Crippen LogP contribution < -0.4 is 0 Å². The molecule has 0 aromatic heterocycles. The quantitative estimate of drug-likeness (QED) is 0.539. The molecule has 1 saturated heterocycles. The minimum absolute atomic E-state index is 0.121. The van der Waals surface area contributed by atoms with Gasteiger partial charge in [0.2, 0.25) is 5.91 Å². The van der Waals surface area contributed by atoms with Gasteiger partial charge in [-0.25, -0.2) is 4.79 Å². The summed E-state index contributed by atoms with van der Waals surface area (Å²) >= 11 is 1.77. The van der Waals surface area contributed by atoms with Crippen LogP contribution in [0.3, 0.4) is 0 Å². The highest BCUT2D eigenvalue weighted by molar-refractivity contribution is 7.99. The minimum Gasteiger partial charge on any atom is -0.480 e. The molecule has 0 saturated carbocycles. The van der Waals surface area contributed by atoms with E-state index in [2.05, 4.69) is 12.1 Å². The highest BCUT2D eigenvalue weighted by atomic mass is 32.2. The number of rotatable bonds is 8. The fourth-order valence-corrected chi connectivity index (χ4v) is 5.59. The van der Waals surface area contributed by atoms with Gasteiger partial charge in [-0.3, -0.25) is 4.79 Å². The van der Waals surface area contributed by atoms with Crippen LogP contribution in [-0.4, -0.2) is 45.5 Å². The van der Waals surface area contributed by atoms with Gasteiger partial charge in [0, 0.05) is 11.8 Å². The third-order valence-electron chi connectivity index (χ3n) is 5.93. The monoisotopic (exact) mass is 445 g/mol. The van der Waals surface area contributed by atoms with Crippen LogP contribution in [0.25, 0.3) is 0 Å². The van der Waals surface area contributed by atoms with Crippen molar-refractivity contribution in [3.8, 4) is 0 Å². The maximum atomic E-state index is 13.8. The predicted octanol–water partition coefficient (Wildman–Crippen LogP) is 4.85. The first-order valence-corrected chi connectivity index (χ1v) is 12.0. The van der Waals surface area contributed by atoms with Crippen LogP contribution in [-0.2, 0) is 16.0 Å². The Kier molecular flexibility index (Phi) is 7.28. The number of hydrogen-bond acceptors (Lipinski definition) is 3. The number of aliphatic carboxylic acids is 1. The van der Waals surface area contributed by atoms with Crippen LogP contribution in [0.15, 0.2) is 91.0 Å². The van der Waals surface area contributed by atoms with Crippen molar-refractivity contribution in [1.82, 2.24) is 4.90 Å². The molecule has 1 aliphatic heterocycles. The van der Waals surface area contributed by atoms with Crippen LogP contribution in [0, 0.1) is 0 Å². The lowest BCUT2D eigenvalue weighted by atomic mass is 9.90. The zero-order chi connectivity index (χ0) is 22.3. The van der Waals surface area contributed by atoms with Gasteiger partial charge >= 0.3 is 5.97 Å². The van der Waals surface area contributed by atoms with E-state index in [0.29, 0.717) is 13.0 Å². The summed E-state index contributed by atoms with van der Waals surface area (Å²) in [4.78, 5) is 27.4. The van der Waals surface area contributed by atoms with Gasteiger partial charge < -0.3 is 10.0 Å². The number of thioether (sulfide) groups is 1. The summed E-state index contributed by atoms with van der Waals surface area (Å²) in [6, 6.07) is 28.8. The van der Waals surface area contributed by atoms with Crippen LogP contribution in [0.4, 0.5) is 0 Å². The molecule has 0 unspecified atom stereocenters. The van der Waals surface area contributed by atoms with Crippen LogP contribution in [0.2, 0.25) is 0 Å². The van der Waals surface area contributed by atoms with E-state index in [9.17, 15) is 14.7 Å². The predicted molar refractivity (Wildman–Crippen MR) is 129 cm³/mol. The lowest BCUT2D eigenvalue weighted by Crippen LogP contribution is -2.43. The average Bonchev–Trinajstić information content (AvgIpc) is 3.26. The molecule has 2 atom stereocenters. The van der Waals surface area contributed by atoms with Gasteiger partial charge in [-0.15, -0.1) is 0 Å². The van der Waals surface area contributed by atoms with E-state index in [1.807, 2.05) is 78.9 Å². The first kappa shape index (κ1) is 22.2. The van der Waals surface area contributed by atoms with E-state index < -0.39 is 17.9 Å². The molecule has 0 radical (unpaired) electrons.